The van der Waals surface area contributed by atoms with Crippen molar-refractivity contribution < 1.29 is 0 Å². The van der Waals surface area contributed by atoms with Crippen molar-refractivity contribution >= 4 is 23.4 Å². The molecular formula is C21H18ClN3. The molecule has 0 radical (unpaired) electrons. The van der Waals surface area contributed by atoms with E-state index in [4.69, 9.17) is 16.6 Å². The molecule has 124 valence electrons. The van der Waals surface area contributed by atoms with Crippen LogP contribution in [-0.4, -0.2) is 21.8 Å². The first kappa shape index (κ1) is 15.9. The SMILES string of the molecule is Clc1ccc(-n2cccc2C=C2CCCN=C2c2cccnc2)cc1. The summed E-state index contributed by atoms with van der Waals surface area (Å²) >= 11 is 6.01. The topological polar surface area (TPSA) is 30.2 Å². The van der Waals surface area contributed by atoms with Gasteiger partial charge in [0, 0.05) is 47.1 Å². The van der Waals surface area contributed by atoms with E-state index in [2.05, 4.69) is 40.0 Å². The van der Waals surface area contributed by atoms with Crippen LogP contribution in [0.5, 0.6) is 0 Å². The second-order valence-electron chi connectivity index (χ2n) is 6.02. The molecule has 1 aromatic carbocycles. The normalized spacial score (nSPS) is 16.0. The van der Waals surface area contributed by atoms with Gasteiger partial charge in [-0.05, 0) is 73.0 Å². The highest BCUT2D eigenvalue weighted by atomic mass is 35.5. The number of hydrogen-bond donors (Lipinski definition) is 0. The molecule has 3 nitrogen and oxygen atoms in total. The first-order chi connectivity index (χ1) is 12.3. The predicted molar refractivity (Wildman–Crippen MR) is 104 cm³/mol. The van der Waals surface area contributed by atoms with Crippen molar-refractivity contribution in [3.8, 4) is 5.69 Å². The monoisotopic (exact) mass is 347 g/mol. The van der Waals surface area contributed by atoms with E-state index in [1.54, 1.807) is 6.20 Å². The molecule has 3 aromatic rings. The Kier molecular flexibility index (Phi) is 4.49. The summed E-state index contributed by atoms with van der Waals surface area (Å²) < 4.78 is 2.17. The predicted octanol–water partition coefficient (Wildman–Crippen LogP) is 5.19. The van der Waals surface area contributed by atoms with Crippen LogP contribution in [0.15, 0.2) is 77.7 Å². The number of aromatic nitrogens is 2. The van der Waals surface area contributed by atoms with Crippen molar-refractivity contribution in [3.63, 3.8) is 0 Å². The van der Waals surface area contributed by atoms with E-state index in [9.17, 15) is 0 Å². The number of pyridine rings is 1. The third-order valence-electron chi connectivity index (χ3n) is 4.32. The fraction of sp³-hybridized carbons (Fsp3) is 0.143. The first-order valence-corrected chi connectivity index (χ1v) is 8.78. The number of hydrogen-bond acceptors (Lipinski definition) is 2. The standard InChI is InChI=1S/C21H18ClN3/c22-18-7-9-19(10-8-18)25-13-3-6-20(25)14-16-4-2-12-24-21(16)17-5-1-11-23-15-17/h1,3,5-11,13-15H,2,4,12H2. The summed E-state index contributed by atoms with van der Waals surface area (Å²) in [5.74, 6) is 0. The van der Waals surface area contributed by atoms with Gasteiger partial charge in [-0.3, -0.25) is 9.98 Å². The van der Waals surface area contributed by atoms with Gasteiger partial charge in [0.15, 0.2) is 0 Å². The smallest absolute Gasteiger partial charge is 0.0694 e. The molecule has 0 saturated carbocycles. The molecule has 0 spiro atoms. The highest BCUT2D eigenvalue weighted by Crippen LogP contribution is 2.24. The molecule has 25 heavy (non-hydrogen) atoms. The van der Waals surface area contributed by atoms with E-state index in [1.165, 1.54) is 5.57 Å². The number of aliphatic imine (C=N–C) groups is 1. The Hall–Kier alpha value is -2.65. The van der Waals surface area contributed by atoms with Gasteiger partial charge < -0.3 is 4.57 Å². The maximum Gasteiger partial charge on any atom is 0.0694 e. The molecule has 2 aromatic heterocycles. The molecule has 1 aliphatic heterocycles. The molecule has 0 bridgehead atoms. The van der Waals surface area contributed by atoms with Gasteiger partial charge >= 0.3 is 0 Å². The minimum atomic E-state index is 0.745. The minimum Gasteiger partial charge on any atom is -0.317 e. The maximum absolute atomic E-state index is 6.01. The summed E-state index contributed by atoms with van der Waals surface area (Å²) in [6, 6.07) is 16.1. The number of rotatable bonds is 3. The van der Waals surface area contributed by atoms with Crippen LogP contribution in [0.1, 0.15) is 24.1 Å². The van der Waals surface area contributed by atoms with E-state index >= 15 is 0 Å². The minimum absolute atomic E-state index is 0.745. The molecule has 0 saturated heterocycles. The maximum atomic E-state index is 6.01. The Balaban J connectivity index is 1.73. The van der Waals surface area contributed by atoms with Crippen molar-refractivity contribution in [1.29, 1.82) is 0 Å². The summed E-state index contributed by atoms with van der Waals surface area (Å²) in [5, 5.41) is 0.745. The Morgan fingerprint density at radius 3 is 2.72 bits per heavy atom. The fourth-order valence-electron chi connectivity index (χ4n) is 3.13. The third-order valence-corrected chi connectivity index (χ3v) is 4.57. The van der Waals surface area contributed by atoms with Crippen LogP contribution in [0, 0.1) is 0 Å². The molecule has 0 amide bonds. The van der Waals surface area contributed by atoms with Crippen molar-refractivity contribution in [2.24, 2.45) is 4.99 Å². The van der Waals surface area contributed by atoms with Gasteiger partial charge in [0.25, 0.3) is 0 Å². The van der Waals surface area contributed by atoms with E-state index in [0.717, 1.165) is 47.1 Å². The van der Waals surface area contributed by atoms with Crippen LogP contribution in [0.2, 0.25) is 5.02 Å². The highest BCUT2D eigenvalue weighted by Gasteiger charge is 2.15. The molecule has 4 heteroatoms. The summed E-state index contributed by atoms with van der Waals surface area (Å²) in [4.78, 5) is 9.00. The third kappa shape index (κ3) is 3.42. The lowest BCUT2D eigenvalue weighted by molar-refractivity contribution is 0.817. The molecular weight excluding hydrogens is 330 g/mol. The lowest BCUT2D eigenvalue weighted by atomic mass is 9.96. The van der Waals surface area contributed by atoms with Crippen LogP contribution in [-0.2, 0) is 0 Å². The average molecular weight is 348 g/mol. The van der Waals surface area contributed by atoms with Crippen LogP contribution in [0.4, 0.5) is 0 Å². The second-order valence-corrected chi connectivity index (χ2v) is 6.46. The van der Waals surface area contributed by atoms with Crippen LogP contribution >= 0.6 is 11.6 Å². The molecule has 3 heterocycles. The Labute approximate surface area is 152 Å². The lowest BCUT2D eigenvalue weighted by Crippen LogP contribution is -2.12. The van der Waals surface area contributed by atoms with E-state index in [1.807, 2.05) is 36.5 Å². The van der Waals surface area contributed by atoms with Crippen molar-refractivity contribution in [2.45, 2.75) is 12.8 Å². The largest absolute Gasteiger partial charge is 0.317 e. The molecule has 0 atom stereocenters. The average Bonchev–Trinajstić information content (AvgIpc) is 3.12. The molecule has 0 fully saturated rings. The van der Waals surface area contributed by atoms with Gasteiger partial charge in [0.05, 0.1) is 5.71 Å². The highest BCUT2D eigenvalue weighted by molar-refractivity contribution is 6.30. The van der Waals surface area contributed by atoms with Gasteiger partial charge in [-0.1, -0.05) is 11.6 Å². The number of benzene rings is 1. The Morgan fingerprint density at radius 2 is 1.92 bits per heavy atom. The van der Waals surface area contributed by atoms with Crippen LogP contribution < -0.4 is 0 Å². The van der Waals surface area contributed by atoms with Gasteiger partial charge in [-0.15, -0.1) is 0 Å². The van der Waals surface area contributed by atoms with Crippen LogP contribution in [0.3, 0.4) is 0 Å². The Morgan fingerprint density at radius 1 is 1.04 bits per heavy atom. The first-order valence-electron chi connectivity index (χ1n) is 8.40. The van der Waals surface area contributed by atoms with Crippen LogP contribution in [0.25, 0.3) is 11.8 Å². The van der Waals surface area contributed by atoms with Gasteiger partial charge in [0.1, 0.15) is 0 Å². The quantitative estimate of drug-likeness (QED) is 0.641. The second kappa shape index (κ2) is 7.08. The molecule has 1 aliphatic rings. The number of nitrogens with zero attached hydrogens (tertiary/aromatic N) is 3. The lowest BCUT2D eigenvalue weighted by Gasteiger charge is -2.17. The summed E-state index contributed by atoms with van der Waals surface area (Å²) in [5.41, 5.74) is 5.63. The van der Waals surface area contributed by atoms with Gasteiger partial charge in [0.2, 0.25) is 0 Å². The fourth-order valence-corrected chi connectivity index (χ4v) is 3.25. The van der Waals surface area contributed by atoms with Gasteiger partial charge in [-0.2, -0.15) is 0 Å². The van der Waals surface area contributed by atoms with Crippen molar-refractivity contribution in [2.75, 3.05) is 6.54 Å². The van der Waals surface area contributed by atoms with E-state index in [-0.39, 0.29) is 0 Å². The molecule has 4 rings (SSSR count). The summed E-state index contributed by atoms with van der Waals surface area (Å²) in [7, 11) is 0. The zero-order valence-corrected chi connectivity index (χ0v) is 14.5. The zero-order valence-electron chi connectivity index (χ0n) is 13.8. The van der Waals surface area contributed by atoms with E-state index < -0.39 is 0 Å². The molecule has 0 N–H and O–H groups in total. The molecule has 0 aliphatic carbocycles. The van der Waals surface area contributed by atoms with E-state index in [0.29, 0.717) is 0 Å². The van der Waals surface area contributed by atoms with Crippen molar-refractivity contribution in [1.82, 2.24) is 9.55 Å². The number of allylic oxidation sites excluding steroid dienone is 1. The summed E-state index contributed by atoms with van der Waals surface area (Å²) in [6.45, 7) is 0.875. The van der Waals surface area contributed by atoms with Gasteiger partial charge in [-0.25, -0.2) is 0 Å². The van der Waals surface area contributed by atoms with Crippen molar-refractivity contribution in [3.05, 3.63) is 89.0 Å². The Bertz CT molecular complexity index is 921. The summed E-state index contributed by atoms with van der Waals surface area (Å²) in [6.07, 6.45) is 10.1. The zero-order chi connectivity index (χ0) is 17.1. The number of halogens is 1. The molecule has 0 unspecified atom stereocenters.